The number of aromatic hydroxyl groups is 1. The molecule has 1 N–H and O–H groups in total. The minimum absolute atomic E-state index is 0.0204. The van der Waals surface area contributed by atoms with E-state index in [9.17, 15) is 14.7 Å². The van der Waals surface area contributed by atoms with Crippen molar-refractivity contribution < 1.29 is 14.3 Å². The summed E-state index contributed by atoms with van der Waals surface area (Å²) in [5.74, 6) is -0.391. The Bertz CT molecular complexity index is 513. The van der Waals surface area contributed by atoms with Gasteiger partial charge in [-0.25, -0.2) is 4.79 Å². The zero-order valence-corrected chi connectivity index (χ0v) is 11.5. The Kier molecular flexibility index (Phi) is 4.33. The first kappa shape index (κ1) is 14.5. The van der Waals surface area contributed by atoms with Gasteiger partial charge >= 0.3 is 5.63 Å². The van der Waals surface area contributed by atoms with Crippen LogP contribution in [-0.2, 0) is 4.79 Å². The van der Waals surface area contributed by atoms with Gasteiger partial charge in [0.25, 0.3) is 0 Å². The Morgan fingerprint density at radius 3 is 2.33 bits per heavy atom. The van der Waals surface area contributed by atoms with Gasteiger partial charge in [0.05, 0.1) is 11.5 Å². The normalized spacial score (nSPS) is 14.3. The minimum atomic E-state index is -0.586. The highest BCUT2D eigenvalue weighted by Gasteiger charge is 2.26. The third kappa shape index (κ3) is 2.47. The zero-order valence-electron chi connectivity index (χ0n) is 11.5. The second-order valence-electron chi connectivity index (χ2n) is 4.79. The molecule has 0 aliphatic heterocycles. The van der Waals surface area contributed by atoms with Crippen LogP contribution in [0.15, 0.2) is 9.21 Å². The Labute approximate surface area is 107 Å². The van der Waals surface area contributed by atoms with Gasteiger partial charge < -0.3 is 9.52 Å². The Hall–Kier alpha value is -1.58. The molecule has 2 atom stereocenters. The van der Waals surface area contributed by atoms with E-state index in [0.717, 1.165) is 6.42 Å². The van der Waals surface area contributed by atoms with Gasteiger partial charge in [0, 0.05) is 11.5 Å². The second-order valence-corrected chi connectivity index (χ2v) is 4.79. The summed E-state index contributed by atoms with van der Waals surface area (Å²) < 4.78 is 5.16. The maximum Gasteiger partial charge on any atom is 0.342 e. The summed E-state index contributed by atoms with van der Waals surface area (Å²) in [6.07, 6.45) is 0.740. The standard InChI is InChI=1S/C14H20O4/c1-6-7(2)11(15)8(3)13-9(4)12(16)10(5)14(17)18-13/h7-8,16H,6H2,1-5H3/t7-,8-/m1/s1. The average molecular weight is 252 g/mol. The first-order valence-electron chi connectivity index (χ1n) is 6.18. The molecule has 100 valence electrons. The molecule has 4 heteroatoms. The Morgan fingerprint density at radius 1 is 1.28 bits per heavy atom. The smallest absolute Gasteiger partial charge is 0.342 e. The molecule has 0 aromatic carbocycles. The Morgan fingerprint density at radius 2 is 1.83 bits per heavy atom. The predicted molar refractivity (Wildman–Crippen MR) is 69.0 cm³/mol. The summed E-state index contributed by atoms with van der Waals surface area (Å²) in [7, 11) is 0. The van der Waals surface area contributed by atoms with E-state index >= 15 is 0 Å². The van der Waals surface area contributed by atoms with E-state index in [-0.39, 0.29) is 28.8 Å². The fraction of sp³-hybridized carbons (Fsp3) is 0.571. The number of rotatable bonds is 4. The number of carbonyl (C=O) groups is 1. The van der Waals surface area contributed by atoms with Crippen LogP contribution in [-0.4, -0.2) is 10.9 Å². The van der Waals surface area contributed by atoms with Crippen molar-refractivity contribution in [2.75, 3.05) is 0 Å². The summed E-state index contributed by atoms with van der Waals surface area (Å²) in [4.78, 5) is 23.6. The monoisotopic (exact) mass is 252 g/mol. The topological polar surface area (TPSA) is 67.5 Å². The van der Waals surface area contributed by atoms with Gasteiger partial charge in [-0.1, -0.05) is 13.8 Å². The van der Waals surface area contributed by atoms with Crippen LogP contribution in [0.25, 0.3) is 0 Å². The van der Waals surface area contributed by atoms with E-state index in [1.54, 1.807) is 13.8 Å². The minimum Gasteiger partial charge on any atom is -0.507 e. The van der Waals surface area contributed by atoms with Gasteiger partial charge in [-0.05, 0) is 27.2 Å². The molecule has 0 bridgehead atoms. The Balaban J connectivity index is 3.27. The molecule has 0 unspecified atom stereocenters. The average Bonchev–Trinajstić information content (AvgIpc) is 2.37. The van der Waals surface area contributed by atoms with Crippen LogP contribution in [0.5, 0.6) is 5.75 Å². The van der Waals surface area contributed by atoms with Crippen molar-refractivity contribution in [3.05, 3.63) is 27.3 Å². The van der Waals surface area contributed by atoms with Gasteiger partial charge in [0.1, 0.15) is 17.3 Å². The molecule has 0 amide bonds. The lowest BCUT2D eigenvalue weighted by Crippen LogP contribution is -2.20. The number of Topliss-reactive ketones (excluding diaryl/α,β-unsaturated/α-hetero) is 1. The molecule has 1 aromatic rings. The van der Waals surface area contributed by atoms with Gasteiger partial charge in [0.2, 0.25) is 0 Å². The molecular weight excluding hydrogens is 232 g/mol. The number of hydrogen-bond acceptors (Lipinski definition) is 4. The molecule has 0 fully saturated rings. The van der Waals surface area contributed by atoms with Crippen LogP contribution >= 0.6 is 0 Å². The third-order valence-corrected chi connectivity index (χ3v) is 3.51. The number of carbonyl (C=O) groups excluding carboxylic acids is 1. The molecule has 0 saturated carbocycles. The number of ketones is 1. The molecule has 4 nitrogen and oxygen atoms in total. The second kappa shape index (κ2) is 5.38. The van der Waals surface area contributed by atoms with Crippen LogP contribution in [0, 0.1) is 19.8 Å². The largest absolute Gasteiger partial charge is 0.507 e. The van der Waals surface area contributed by atoms with E-state index < -0.39 is 11.5 Å². The molecule has 0 saturated heterocycles. The summed E-state index contributed by atoms with van der Waals surface area (Å²) in [5, 5.41) is 9.82. The molecule has 0 aliphatic rings. The van der Waals surface area contributed by atoms with Crippen molar-refractivity contribution in [1.82, 2.24) is 0 Å². The molecule has 1 aromatic heterocycles. The highest BCUT2D eigenvalue weighted by molar-refractivity contribution is 5.87. The zero-order chi connectivity index (χ0) is 14.0. The quantitative estimate of drug-likeness (QED) is 0.894. The lowest BCUT2D eigenvalue weighted by molar-refractivity contribution is -0.123. The highest BCUT2D eigenvalue weighted by Crippen LogP contribution is 2.29. The summed E-state index contributed by atoms with van der Waals surface area (Å²) >= 11 is 0. The maximum absolute atomic E-state index is 12.1. The van der Waals surface area contributed by atoms with Gasteiger partial charge in [-0.2, -0.15) is 0 Å². The first-order chi connectivity index (χ1) is 8.31. The maximum atomic E-state index is 12.1. The predicted octanol–water partition coefficient (Wildman–Crippen LogP) is 2.68. The van der Waals surface area contributed by atoms with Crippen molar-refractivity contribution in [3.63, 3.8) is 0 Å². The van der Waals surface area contributed by atoms with Crippen LogP contribution in [0.1, 0.15) is 50.0 Å². The van der Waals surface area contributed by atoms with Gasteiger partial charge in [0.15, 0.2) is 0 Å². The molecular formula is C14H20O4. The van der Waals surface area contributed by atoms with Crippen LogP contribution < -0.4 is 5.63 Å². The number of hydrogen-bond donors (Lipinski definition) is 1. The molecule has 0 radical (unpaired) electrons. The molecule has 18 heavy (non-hydrogen) atoms. The fourth-order valence-electron chi connectivity index (χ4n) is 1.92. The summed E-state index contributed by atoms with van der Waals surface area (Å²) in [5.41, 5.74) is 0.0626. The fourth-order valence-corrected chi connectivity index (χ4v) is 1.92. The van der Waals surface area contributed by atoms with Crippen LogP contribution in [0.4, 0.5) is 0 Å². The SMILES string of the molecule is CC[C@@H](C)C(=O)[C@@H](C)c1oc(=O)c(C)c(O)c1C. The van der Waals surface area contributed by atoms with Crippen LogP contribution in [0.2, 0.25) is 0 Å². The summed E-state index contributed by atoms with van der Waals surface area (Å²) in [6.45, 7) is 8.64. The first-order valence-corrected chi connectivity index (χ1v) is 6.18. The van der Waals surface area contributed by atoms with Crippen molar-refractivity contribution >= 4 is 5.78 Å². The van der Waals surface area contributed by atoms with E-state index in [1.807, 2.05) is 13.8 Å². The van der Waals surface area contributed by atoms with Gasteiger partial charge in [-0.3, -0.25) is 4.79 Å². The third-order valence-electron chi connectivity index (χ3n) is 3.51. The highest BCUT2D eigenvalue weighted by atomic mass is 16.4. The lowest BCUT2D eigenvalue weighted by atomic mass is 9.90. The molecule has 0 aliphatic carbocycles. The molecule has 0 spiro atoms. The van der Waals surface area contributed by atoms with E-state index in [4.69, 9.17) is 4.42 Å². The van der Waals surface area contributed by atoms with Gasteiger partial charge in [-0.15, -0.1) is 0 Å². The molecule has 1 rings (SSSR count). The van der Waals surface area contributed by atoms with Crippen molar-refractivity contribution in [1.29, 1.82) is 0 Å². The molecule has 1 heterocycles. The van der Waals surface area contributed by atoms with Crippen molar-refractivity contribution in [3.8, 4) is 5.75 Å². The van der Waals surface area contributed by atoms with Crippen LogP contribution in [0.3, 0.4) is 0 Å². The van der Waals surface area contributed by atoms with Crippen molar-refractivity contribution in [2.45, 2.75) is 47.0 Å². The van der Waals surface area contributed by atoms with Crippen molar-refractivity contribution in [2.24, 2.45) is 5.92 Å². The lowest BCUT2D eigenvalue weighted by Gasteiger charge is -2.16. The van der Waals surface area contributed by atoms with E-state index in [0.29, 0.717) is 5.56 Å². The summed E-state index contributed by atoms with van der Waals surface area (Å²) in [6, 6.07) is 0. The van der Waals surface area contributed by atoms with E-state index in [2.05, 4.69) is 0 Å². The van der Waals surface area contributed by atoms with E-state index in [1.165, 1.54) is 6.92 Å².